The third-order valence-electron chi connectivity index (χ3n) is 3.40. The Morgan fingerprint density at radius 2 is 2.09 bits per heavy atom. The highest BCUT2D eigenvalue weighted by atomic mass is 35.5. The molecule has 118 valence electrons. The fourth-order valence-electron chi connectivity index (χ4n) is 2.30. The second kappa shape index (κ2) is 6.98. The molecular weight excluding hydrogens is 330 g/mol. The van der Waals surface area contributed by atoms with Crippen LogP contribution in [0.2, 0.25) is 5.02 Å². The van der Waals surface area contributed by atoms with Crippen LogP contribution in [0.3, 0.4) is 0 Å². The molecule has 0 saturated carbocycles. The number of rotatable bonds is 5. The average Bonchev–Trinajstić information content (AvgIpc) is 3.17. The number of nitrogens with one attached hydrogen (secondary N) is 1. The first-order valence-corrected chi connectivity index (χ1v) is 8.58. The van der Waals surface area contributed by atoms with Crippen molar-refractivity contribution in [1.82, 2.24) is 9.78 Å². The second-order valence-electron chi connectivity index (χ2n) is 5.07. The van der Waals surface area contributed by atoms with E-state index in [1.54, 1.807) is 11.3 Å². The Morgan fingerprint density at radius 3 is 2.74 bits per heavy atom. The van der Waals surface area contributed by atoms with Crippen molar-refractivity contribution in [2.75, 3.05) is 5.32 Å². The Hall–Kier alpha value is -2.11. The number of halogens is 1. The summed E-state index contributed by atoms with van der Waals surface area (Å²) < 4.78 is 1.83. The lowest BCUT2D eigenvalue weighted by Gasteiger charge is -2.05. The van der Waals surface area contributed by atoms with E-state index in [-0.39, 0.29) is 5.91 Å². The third-order valence-corrected chi connectivity index (χ3v) is 4.53. The molecule has 2 aromatic heterocycles. The van der Waals surface area contributed by atoms with Crippen molar-refractivity contribution >= 4 is 34.7 Å². The molecule has 0 aliphatic heterocycles. The monoisotopic (exact) mass is 345 g/mol. The molecule has 2 heterocycles. The molecule has 0 radical (unpaired) electrons. The molecule has 0 bridgehead atoms. The number of carbonyl (C=O) groups excluding carboxylic acids is 1. The summed E-state index contributed by atoms with van der Waals surface area (Å²) in [4.78, 5) is 13.1. The van der Waals surface area contributed by atoms with Crippen molar-refractivity contribution in [3.05, 3.63) is 63.4 Å². The standard InChI is InChI=1S/C17H16ClN3OS/c1-2-13-10-16(19-17(22)11-15-4-3-9-23-15)20-21(13)14-7-5-12(18)6-8-14/h3-10H,2,11H2,1H3,(H,19,20,22). The lowest BCUT2D eigenvalue weighted by atomic mass is 10.3. The maximum Gasteiger partial charge on any atom is 0.230 e. The Bertz CT molecular complexity index is 794. The van der Waals surface area contributed by atoms with E-state index < -0.39 is 0 Å². The van der Waals surface area contributed by atoms with Crippen LogP contribution >= 0.6 is 22.9 Å². The summed E-state index contributed by atoms with van der Waals surface area (Å²) in [6.07, 6.45) is 1.18. The molecule has 0 unspecified atom stereocenters. The van der Waals surface area contributed by atoms with Gasteiger partial charge < -0.3 is 5.32 Å². The number of benzene rings is 1. The molecule has 0 aliphatic carbocycles. The molecule has 1 N–H and O–H groups in total. The van der Waals surface area contributed by atoms with Gasteiger partial charge in [-0.2, -0.15) is 0 Å². The van der Waals surface area contributed by atoms with E-state index in [1.807, 2.05) is 52.5 Å². The maximum atomic E-state index is 12.1. The van der Waals surface area contributed by atoms with Crippen LogP contribution in [0.5, 0.6) is 0 Å². The Kier molecular flexibility index (Phi) is 4.79. The van der Waals surface area contributed by atoms with Crippen LogP contribution in [0.15, 0.2) is 47.8 Å². The highest BCUT2D eigenvalue weighted by Crippen LogP contribution is 2.19. The van der Waals surface area contributed by atoms with Crippen LogP contribution in [0.25, 0.3) is 5.69 Å². The van der Waals surface area contributed by atoms with E-state index in [0.717, 1.165) is 22.7 Å². The summed E-state index contributed by atoms with van der Waals surface area (Å²) in [5.41, 5.74) is 1.95. The van der Waals surface area contributed by atoms with Gasteiger partial charge in [-0.1, -0.05) is 24.6 Å². The number of carbonyl (C=O) groups is 1. The van der Waals surface area contributed by atoms with Gasteiger partial charge in [0.15, 0.2) is 5.82 Å². The van der Waals surface area contributed by atoms with E-state index in [4.69, 9.17) is 11.6 Å². The second-order valence-corrected chi connectivity index (χ2v) is 6.54. The van der Waals surface area contributed by atoms with Crippen LogP contribution in [0.4, 0.5) is 5.82 Å². The summed E-state index contributed by atoms with van der Waals surface area (Å²) in [6, 6.07) is 13.3. The summed E-state index contributed by atoms with van der Waals surface area (Å²) in [5.74, 6) is 0.509. The Labute approximate surface area is 143 Å². The predicted octanol–water partition coefficient (Wildman–Crippen LogP) is 4.33. The van der Waals surface area contributed by atoms with Gasteiger partial charge in [0, 0.05) is 21.7 Å². The number of aromatic nitrogens is 2. The fourth-order valence-corrected chi connectivity index (χ4v) is 3.13. The van der Waals surface area contributed by atoms with Crippen LogP contribution in [-0.2, 0) is 17.6 Å². The topological polar surface area (TPSA) is 46.9 Å². The van der Waals surface area contributed by atoms with Gasteiger partial charge >= 0.3 is 0 Å². The first-order chi connectivity index (χ1) is 11.2. The molecule has 0 atom stereocenters. The van der Waals surface area contributed by atoms with E-state index in [9.17, 15) is 4.79 Å². The van der Waals surface area contributed by atoms with E-state index in [0.29, 0.717) is 17.3 Å². The lowest BCUT2D eigenvalue weighted by Crippen LogP contribution is -2.14. The molecule has 3 rings (SSSR count). The number of nitrogens with zero attached hydrogens (tertiary/aromatic N) is 2. The van der Waals surface area contributed by atoms with Crippen molar-refractivity contribution in [2.24, 2.45) is 0 Å². The zero-order chi connectivity index (χ0) is 16.2. The number of anilines is 1. The molecule has 3 aromatic rings. The Balaban J connectivity index is 1.78. The van der Waals surface area contributed by atoms with Crippen LogP contribution < -0.4 is 5.32 Å². The molecule has 1 amide bonds. The van der Waals surface area contributed by atoms with Crippen molar-refractivity contribution in [3.63, 3.8) is 0 Å². The number of aryl methyl sites for hydroxylation is 1. The fraction of sp³-hybridized carbons (Fsp3) is 0.176. The normalized spacial score (nSPS) is 10.7. The maximum absolute atomic E-state index is 12.1. The predicted molar refractivity (Wildman–Crippen MR) is 94.6 cm³/mol. The molecule has 6 heteroatoms. The molecule has 0 spiro atoms. The van der Waals surface area contributed by atoms with Gasteiger partial charge in [-0.15, -0.1) is 16.4 Å². The quantitative estimate of drug-likeness (QED) is 0.748. The van der Waals surface area contributed by atoms with Gasteiger partial charge in [0.25, 0.3) is 0 Å². The average molecular weight is 346 g/mol. The molecule has 4 nitrogen and oxygen atoms in total. The number of thiophene rings is 1. The highest BCUT2D eigenvalue weighted by molar-refractivity contribution is 7.10. The van der Waals surface area contributed by atoms with Gasteiger partial charge in [0.2, 0.25) is 5.91 Å². The van der Waals surface area contributed by atoms with Crippen molar-refractivity contribution in [1.29, 1.82) is 0 Å². The van der Waals surface area contributed by atoms with Gasteiger partial charge in [0.1, 0.15) is 0 Å². The zero-order valence-corrected chi connectivity index (χ0v) is 14.2. The SMILES string of the molecule is CCc1cc(NC(=O)Cc2cccs2)nn1-c1ccc(Cl)cc1. The van der Waals surface area contributed by atoms with E-state index in [2.05, 4.69) is 17.3 Å². The van der Waals surface area contributed by atoms with Gasteiger partial charge in [-0.25, -0.2) is 4.68 Å². The third kappa shape index (κ3) is 3.81. The highest BCUT2D eigenvalue weighted by Gasteiger charge is 2.11. The summed E-state index contributed by atoms with van der Waals surface area (Å²) in [7, 11) is 0. The number of amides is 1. The lowest BCUT2D eigenvalue weighted by molar-refractivity contribution is -0.115. The van der Waals surface area contributed by atoms with Crippen molar-refractivity contribution in [2.45, 2.75) is 19.8 Å². The number of hydrogen-bond acceptors (Lipinski definition) is 3. The molecule has 0 saturated heterocycles. The van der Waals surface area contributed by atoms with Crippen LogP contribution in [0, 0.1) is 0 Å². The summed E-state index contributed by atoms with van der Waals surface area (Å²) in [6.45, 7) is 2.06. The molecule has 1 aromatic carbocycles. The molecule has 23 heavy (non-hydrogen) atoms. The minimum atomic E-state index is -0.0594. The van der Waals surface area contributed by atoms with E-state index >= 15 is 0 Å². The first kappa shape index (κ1) is 15.8. The van der Waals surface area contributed by atoms with E-state index in [1.165, 1.54) is 0 Å². The molecule has 0 aliphatic rings. The van der Waals surface area contributed by atoms with Gasteiger partial charge in [0.05, 0.1) is 12.1 Å². The van der Waals surface area contributed by atoms with Crippen molar-refractivity contribution in [3.8, 4) is 5.69 Å². The largest absolute Gasteiger partial charge is 0.309 e. The smallest absolute Gasteiger partial charge is 0.230 e. The Morgan fingerprint density at radius 1 is 1.30 bits per heavy atom. The summed E-state index contributed by atoms with van der Waals surface area (Å²) in [5, 5.41) is 10.0. The summed E-state index contributed by atoms with van der Waals surface area (Å²) >= 11 is 7.50. The first-order valence-electron chi connectivity index (χ1n) is 7.33. The molecular formula is C17H16ClN3OS. The van der Waals surface area contributed by atoms with Crippen molar-refractivity contribution < 1.29 is 4.79 Å². The minimum Gasteiger partial charge on any atom is -0.309 e. The van der Waals surface area contributed by atoms with Gasteiger partial charge in [-0.3, -0.25) is 4.79 Å². The molecule has 0 fully saturated rings. The minimum absolute atomic E-state index is 0.0594. The number of hydrogen-bond donors (Lipinski definition) is 1. The van der Waals surface area contributed by atoms with Gasteiger partial charge in [-0.05, 0) is 42.1 Å². The van der Waals surface area contributed by atoms with Crippen LogP contribution in [-0.4, -0.2) is 15.7 Å². The van der Waals surface area contributed by atoms with Crippen LogP contribution in [0.1, 0.15) is 17.5 Å². The zero-order valence-electron chi connectivity index (χ0n) is 12.6.